The molecule has 0 atom stereocenters. The summed E-state index contributed by atoms with van der Waals surface area (Å²) in [5, 5.41) is 14.0. The molecule has 1 fully saturated rings. The molecular weight excluding hydrogens is 290 g/mol. The molecule has 6 nitrogen and oxygen atoms in total. The molecule has 3 heterocycles. The zero-order valence-electron chi connectivity index (χ0n) is 12.8. The van der Waals surface area contributed by atoms with Crippen molar-refractivity contribution >= 4 is 16.7 Å². The monoisotopic (exact) mass is 307 g/mol. The van der Waals surface area contributed by atoms with Crippen LogP contribution in [-0.2, 0) is 0 Å². The van der Waals surface area contributed by atoms with E-state index in [-0.39, 0.29) is 11.6 Å². The summed E-state index contributed by atoms with van der Waals surface area (Å²) in [6.07, 6.45) is 8.13. The zero-order valence-corrected chi connectivity index (χ0v) is 12.8. The summed E-state index contributed by atoms with van der Waals surface area (Å²) in [6, 6.07) is 5.68. The lowest BCUT2D eigenvalue weighted by Crippen LogP contribution is -2.50. The number of fused-ring (bicyclic) bond motifs is 1. The SMILES string of the molecule is CC1(Nc2nc(-c3ccncc3)nc3cnccc23)CC(O)C1. The second-order valence-electron chi connectivity index (χ2n) is 6.27. The quantitative estimate of drug-likeness (QED) is 0.773. The first-order valence-corrected chi connectivity index (χ1v) is 7.61. The van der Waals surface area contributed by atoms with Crippen LogP contribution in [0.15, 0.2) is 43.0 Å². The Morgan fingerprint density at radius 3 is 2.57 bits per heavy atom. The van der Waals surface area contributed by atoms with Gasteiger partial charge in [0.05, 0.1) is 17.8 Å². The Kier molecular flexibility index (Phi) is 3.20. The Morgan fingerprint density at radius 2 is 1.83 bits per heavy atom. The van der Waals surface area contributed by atoms with Gasteiger partial charge >= 0.3 is 0 Å². The van der Waals surface area contributed by atoms with Crippen LogP contribution in [0.2, 0.25) is 0 Å². The molecule has 0 bridgehead atoms. The van der Waals surface area contributed by atoms with Crippen LogP contribution < -0.4 is 5.32 Å². The van der Waals surface area contributed by atoms with Gasteiger partial charge in [-0.3, -0.25) is 9.97 Å². The van der Waals surface area contributed by atoms with Gasteiger partial charge in [0.25, 0.3) is 0 Å². The van der Waals surface area contributed by atoms with E-state index in [0.29, 0.717) is 18.7 Å². The lowest BCUT2D eigenvalue weighted by molar-refractivity contribution is 0.0422. The minimum Gasteiger partial charge on any atom is -0.393 e. The highest BCUT2D eigenvalue weighted by Gasteiger charge is 2.39. The average molecular weight is 307 g/mol. The molecule has 0 radical (unpaired) electrons. The molecule has 0 aromatic carbocycles. The van der Waals surface area contributed by atoms with Gasteiger partial charge in [-0.15, -0.1) is 0 Å². The fourth-order valence-electron chi connectivity index (χ4n) is 3.07. The summed E-state index contributed by atoms with van der Waals surface area (Å²) in [6.45, 7) is 2.10. The molecule has 1 aliphatic rings. The van der Waals surface area contributed by atoms with Crippen molar-refractivity contribution in [1.82, 2.24) is 19.9 Å². The Bertz CT molecular complexity index is 846. The van der Waals surface area contributed by atoms with Crippen molar-refractivity contribution in [2.24, 2.45) is 0 Å². The van der Waals surface area contributed by atoms with Crippen molar-refractivity contribution in [3.8, 4) is 11.4 Å². The number of nitrogens with one attached hydrogen (secondary N) is 1. The van der Waals surface area contributed by atoms with Gasteiger partial charge in [0, 0.05) is 35.1 Å². The van der Waals surface area contributed by atoms with Crippen LogP contribution in [0.3, 0.4) is 0 Å². The number of hydrogen-bond acceptors (Lipinski definition) is 6. The third-order valence-electron chi connectivity index (χ3n) is 4.23. The lowest BCUT2D eigenvalue weighted by Gasteiger charge is -2.43. The number of anilines is 1. The van der Waals surface area contributed by atoms with E-state index in [9.17, 15) is 5.11 Å². The van der Waals surface area contributed by atoms with E-state index < -0.39 is 0 Å². The van der Waals surface area contributed by atoms with Gasteiger partial charge in [-0.25, -0.2) is 9.97 Å². The molecule has 0 unspecified atom stereocenters. The van der Waals surface area contributed by atoms with Crippen molar-refractivity contribution in [2.75, 3.05) is 5.32 Å². The number of rotatable bonds is 3. The van der Waals surface area contributed by atoms with E-state index in [1.165, 1.54) is 0 Å². The van der Waals surface area contributed by atoms with Crippen LogP contribution in [0.1, 0.15) is 19.8 Å². The van der Waals surface area contributed by atoms with Crippen molar-refractivity contribution in [2.45, 2.75) is 31.4 Å². The normalized spacial score (nSPS) is 23.5. The summed E-state index contributed by atoms with van der Waals surface area (Å²) >= 11 is 0. The molecule has 3 aromatic heterocycles. The first-order chi connectivity index (χ1) is 11.1. The Labute approximate surface area is 133 Å². The van der Waals surface area contributed by atoms with E-state index in [4.69, 9.17) is 4.98 Å². The minimum atomic E-state index is -0.234. The second-order valence-corrected chi connectivity index (χ2v) is 6.27. The average Bonchev–Trinajstić information content (AvgIpc) is 2.54. The minimum absolute atomic E-state index is 0.139. The highest BCUT2D eigenvalue weighted by Crippen LogP contribution is 2.36. The number of nitrogens with zero attached hydrogens (tertiary/aromatic N) is 4. The largest absolute Gasteiger partial charge is 0.393 e. The summed E-state index contributed by atoms with van der Waals surface area (Å²) < 4.78 is 0. The fourth-order valence-corrected chi connectivity index (χ4v) is 3.07. The molecule has 1 saturated carbocycles. The summed E-state index contributed by atoms with van der Waals surface area (Å²) in [4.78, 5) is 17.5. The Morgan fingerprint density at radius 1 is 1.09 bits per heavy atom. The van der Waals surface area contributed by atoms with E-state index in [1.54, 1.807) is 24.8 Å². The van der Waals surface area contributed by atoms with E-state index >= 15 is 0 Å². The molecule has 116 valence electrons. The first kappa shape index (κ1) is 14.0. The van der Waals surface area contributed by atoms with Crippen molar-refractivity contribution in [3.63, 3.8) is 0 Å². The molecule has 0 amide bonds. The van der Waals surface area contributed by atoms with Gasteiger partial charge in [0.2, 0.25) is 0 Å². The van der Waals surface area contributed by atoms with Gasteiger partial charge in [-0.05, 0) is 38.0 Å². The Balaban J connectivity index is 1.81. The molecule has 0 aliphatic heterocycles. The standard InChI is InChI=1S/C17H17N5O/c1-17(8-12(23)9-17)22-16-13-4-7-19-10-14(13)20-15(21-16)11-2-5-18-6-3-11/h2-7,10,12,23H,8-9H2,1H3,(H,20,21,22). The number of aromatic nitrogens is 4. The lowest BCUT2D eigenvalue weighted by atomic mass is 9.76. The summed E-state index contributed by atoms with van der Waals surface area (Å²) in [7, 11) is 0. The molecule has 4 rings (SSSR count). The van der Waals surface area contributed by atoms with Crippen LogP contribution >= 0.6 is 0 Å². The highest BCUT2D eigenvalue weighted by molar-refractivity contribution is 5.90. The van der Waals surface area contributed by atoms with E-state index in [1.807, 2.05) is 18.2 Å². The fraction of sp³-hybridized carbons (Fsp3) is 0.294. The van der Waals surface area contributed by atoms with Crippen LogP contribution in [0.25, 0.3) is 22.3 Å². The van der Waals surface area contributed by atoms with E-state index in [2.05, 4.69) is 27.2 Å². The van der Waals surface area contributed by atoms with Crippen molar-refractivity contribution in [1.29, 1.82) is 0 Å². The molecule has 0 spiro atoms. The number of aliphatic hydroxyl groups is 1. The second kappa shape index (κ2) is 5.24. The van der Waals surface area contributed by atoms with Crippen molar-refractivity contribution < 1.29 is 5.11 Å². The van der Waals surface area contributed by atoms with Crippen molar-refractivity contribution in [3.05, 3.63) is 43.0 Å². The number of hydrogen-bond donors (Lipinski definition) is 2. The van der Waals surface area contributed by atoms with Crippen LogP contribution in [0.5, 0.6) is 0 Å². The maximum absolute atomic E-state index is 9.62. The molecule has 23 heavy (non-hydrogen) atoms. The van der Waals surface area contributed by atoms with Gasteiger partial charge < -0.3 is 10.4 Å². The Hall–Kier alpha value is -2.60. The maximum Gasteiger partial charge on any atom is 0.162 e. The van der Waals surface area contributed by atoms with Gasteiger partial charge in [0.1, 0.15) is 5.82 Å². The van der Waals surface area contributed by atoms with Crippen LogP contribution in [0, 0.1) is 0 Å². The highest BCUT2D eigenvalue weighted by atomic mass is 16.3. The predicted molar refractivity (Wildman–Crippen MR) is 87.8 cm³/mol. The van der Waals surface area contributed by atoms with Crippen LogP contribution in [0.4, 0.5) is 5.82 Å². The van der Waals surface area contributed by atoms with Crippen LogP contribution in [-0.4, -0.2) is 36.7 Å². The number of pyridine rings is 2. The molecular formula is C17H17N5O. The third kappa shape index (κ3) is 2.61. The molecule has 0 saturated heterocycles. The summed E-state index contributed by atoms with van der Waals surface area (Å²) in [5.74, 6) is 1.41. The molecule has 2 N–H and O–H groups in total. The van der Waals surface area contributed by atoms with Gasteiger partial charge in [-0.2, -0.15) is 0 Å². The maximum atomic E-state index is 9.62. The molecule has 3 aromatic rings. The summed E-state index contributed by atoms with van der Waals surface area (Å²) in [5.41, 5.74) is 1.56. The topological polar surface area (TPSA) is 83.8 Å². The third-order valence-corrected chi connectivity index (χ3v) is 4.23. The van der Waals surface area contributed by atoms with E-state index in [0.717, 1.165) is 22.3 Å². The van der Waals surface area contributed by atoms with Gasteiger partial charge in [-0.1, -0.05) is 0 Å². The molecule has 6 heteroatoms. The molecule has 1 aliphatic carbocycles. The first-order valence-electron chi connectivity index (χ1n) is 7.61. The number of aliphatic hydroxyl groups excluding tert-OH is 1. The van der Waals surface area contributed by atoms with Gasteiger partial charge in [0.15, 0.2) is 5.82 Å². The predicted octanol–water partition coefficient (Wildman–Crippen LogP) is 2.41. The zero-order chi connectivity index (χ0) is 15.9. The smallest absolute Gasteiger partial charge is 0.162 e.